The van der Waals surface area contributed by atoms with Crippen molar-refractivity contribution in [3.63, 3.8) is 0 Å². The first-order valence-electron chi connectivity index (χ1n) is 6.32. The minimum absolute atomic E-state index is 0.0108. The highest BCUT2D eigenvalue weighted by Crippen LogP contribution is 2.25. The summed E-state index contributed by atoms with van der Waals surface area (Å²) in [5.74, 6) is -0.922. The lowest BCUT2D eigenvalue weighted by Crippen LogP contribution is -2.29. The number of para-hydroxylation sites is 1. The first kappa shape index (κ1) is 16.5. The van der Waals surface area contributed by atoms with Crippen LogP contribution in [0.3, 0.4) is 0 Å². The summed E-state index contributed by atoms with van der Waals surface area (Å²) in [6.45, 7) is 1.31. The second-order valence-electron chi connectivity index (χ2n) is 4.41. The molecule has 0 unspecified atom stereocenters. The second kappa shape index (κ2) is 7.41. The molecule has 0 radical (unpaired) electrons. The van der Waals surface area contributed by atoms with Gasteiger partial charge in [0, 0.05) is 17.8 Å². The highest BCUT2D eigenvalue weighted by Gasteiger charge is 2.32. The van der Waals surface area contributed by atoms with Gasteiger partial charge in [-0.25, -0.2) is 5.43 Å². The van der Waals surface area contributed by atoms with Gasteiger partial charge in [-0.3, -0.25) is 14.4 Å². The Morgan fingerprint density at radius 3 is 2.82 bits per heavy atom. The molecule has 1 aliphatic rings. The number of carbonyl (C=O) groups is 3. The molecule has 3 N–H and O–H groups in total. The van der Waals surface area contributed by atoms with E-state index >= 15 is 0 Å². The van der Waals surface area contributed by atoms with Crippen molar-refractivity contribution in [3.8, 4) is 0 Å². The molecule has 0 spiro atoms. The van der Waals surface area contributed by atoms with Crippen LogP contribution in [-0.4, -0.2) is 28.1 Å². The minimum Gasteiger partial charge on any atom is -0.325 e. The van der Waals surface area contributed by atoms with Crippen LogP contribution in [0.2, 0.25) is 0 Å². The summed E-state index contributed by atoms with van der Waals surface area (Å²) >= 11 is 4.44. The molecule has 1 atom stereocenters. The Hall–Kier alpha value is -1.87. The number of halogens is 1. The molecule has 1 aliphatic heterocycles. The van der Waals surface area contributed by atoms with Crippen LogP contribution in [0.15, 0.2) is 33.8 Å². The van der Waals surface area contributed by atoms with E-state index < -0.39 is 5.25 Å². The van der Waals surface area contributed by atoms with E-state index in [1.165, 1.54) is 6.92 Å². The molecule has 7 nitrogen and oxygen atoms in total. The summed E-state index contributed by atoms with van der Waals surface area (Å²) in [6.07, 6.45) is 0.0108. The number of hydrogen-bond acceptors (Lipinski definition) is 5. The SMILES string of the molecule is CC(=O)N/N=C1\NC(=O)[C@@H](CC(=O)Nc2ccccc2Br)S1. The fraction of sp³-hybridized carbons (Fsp3) is 0.231. The maximum atomic E-state index is 12.0. The smallest absolute Gasteiger partial charge is 0.240 e. The molecule has 1 aromatic rings. The van der Waals surface area contributed by atoms with E-state index in [1.54, 1.807) is 12.1 Å². The molecular formula is C13H13BrN4O3S. The van der Waals surface area contributed by atoms with Gasteiger partial charge in [0.25, 0.3) is 0 Å². The molecule has 1 aromatic carbocycles. The van der Waals surface area contributed by atoms with Gasteiger partial charge in [-0.05, 0) is 28.1 Å². The van der Waals surface area contributed by atoms with Gasteiger partial charge in [0.1, 0.15) is 5.25 Å². The molecule has 0 aromatic heterocycles. The molecule has 3 amide bonds. The Balaban J connectivity index is 1.92. The third kappa shape index (κ3) is 4.57. The van der Waals surface area contributed by atoms with Crippen molar-refractivity contribution in [2.24, 2.45) is 5.10 Å². The fourth-order valence-electron chi connectivity index (χ4n) is 1.65. The van der Waals surface area contributed by atoms with Crippen molar-refractivity contribution in [3.05, 3.63) is 28.7 Å². The van der Waals surface area contributed by atoms with Crippen LogP contribution in [0, 0.1) is 0 Å². The number of anilines is 1. The van der Waals surface area contributed by atoms with E-state index in [4.69, 9.17) is 0 Å². The van der Waals surface area contributed by atoms with Gasteiger partial charge in [0.2, 0.25) is 17.7 Å². The highest BCUT2D eigenvalue weighted by atomic mass is 79.9. The fourth-order valence-corrected chi connectivity index (χ4v) is 2.97. The number of rotatable bonds is 4. The quantitative estimate of drug-likeness (QED) is 0.683. The lowest BCUT2D eigenvalue weighted by molar-refractivity contribution is -0.122. The van der Waals surface area contributed by atoms with Crippen LogP contribution >= 0.6 is 27.7 Å². The zero-order chi connectivity index (χ0) is 16.1. The van der Waals surface area contributed by atoms with Crippen molar-refractivity contribution in [1.82, 2.24) is 10.7 Å². The number of thioether (sulfide) groups is 1. The summed E-state index contributed by atoms with van der Waals surface area (Å²) in [5.41, 5.74) is 2.88. The maximum Gasteiger partial charge on any atom is 0.240 e. The van der Waals surface area contributed by atoms with E-state index in [0.717, 1.165) is 16.2 Å². The van der Waals surface area contributed by atoms with Gasteiger partial charge in [-0.15, -0.1) is 5.10 Å². The van der Waals surface area contributed by atoms with Crippen molar-refractivity contribution in [2.45, 2.75) is 18.6 Å². The molecule has 1 fully saturated rings. The minimum atomic E-state index is -0.574. The molecule has 0 aliphatic carbocycles. The average molecular weight is 385 g/mol. The van der Waals surface area contributed by atoms with E-state index in [-0.39, 0.29) is 29.3 Å². The first-order chi connectivity index (χ1) is 10.5. The van der Waals surface area contributed by atoms with Crippen molar-refractivity contribution >= 4 is 56.3 Å². The lowest BCUT2D eigenvalue weighted by Gasteiger charge is -2.08. The Morgan fingerprint density at radius 2 is 2.14 bits per heavy atom. The number of amides is 3. The van der Waals surface area contributed by atoms with Crippen LogP contribution in [0.4, 0.5) is 5.69 Å². The van der Waals surface area contributed by atoms with Crippen LogP contribution in [-0.2, 0) is 14.4 Å². The largest absolute Gasteiger partial charge is 0.325 e. The van der Waals surface area contributed by atoms with Crippen molar-refractivity contribution in [1.29, 1.82) is 0 Å². The van der Waals surface area contributed by atoms with Crippen LogP contribution in [0.1, 0.15) is 13.3 Å². The summed E-state index contributed by atoms with van der Waals surface area (Å²) in [7, 11) is 0. The monoisotopic (exact) mass is 384 g/mol. The Kier molecular flexibility index (Phi) is 5.56. The number of nitrogens with zero attached hydrogens (tertiary/aromatic N) is 1. The molecule has 0 bridgehead atoms. The standard InChI is InChI=1S/C13H13BrN4O3S/c1-7(19)17-18-13-16-12(21)10(22-13)6-11(20)15-9-5-3-2-4-8(9)14/h2-5,10H,6H2,1H3,(H,15,20)(H,17,19)(H,16,18,21)/t10-/m1/s1. The number of benzene rings is 1. The molecule has 1 saturated heterocycles. The molecule has 22 heavy (non-hydrogen) atoms. The van der Waals surface area contributed by atoms with Crippen LogP contribution in [0.25, 0.3) is 0 Å². The van der Waals surface area contributed by atoms with Gasteiger partial charge in [-0.2, -0.15) is 0 Å². The highest BCUT2D eigenvalue weighted by molar-refractivity contribution is 9.10. The molecule has 1 heterocycles. The predicted molar refractivity (Wildman–Crippen MR) is 88.2 cm³/mol. The van der Waals surface area contributed by atoms with Gasteiger partial charge < -0.3 is 10.6 Å². The van der Waals surface area contributed by atoms with E-state index in [9.17, 15) is 14.4 Å². The van der Waals surface area contributed by atoms with Crippen molar-refractivity contribution < 1.29 is 14.4 Å². The molecule has 116 valence electrons. The third-order valence-electron chi connectivity index (χ3n) is 2.61. The van der Waals surface area contributed by atoms with Gasteiger partial charge in [0.05, 0.1) is 5.69 Å². The van der Waals surface area contributed by atoms with Gasteiger partial charge in [-0.1, -0.05) is 23.9 Å². The molecular weight excluding hydrogens is 372 g/mol. The number of nitrogens with one attached hydrogen (secondary N) is 3. The zero-order valence-corrected chi connectivity index (χ0v) is 14.0. The number of carbonyl (C=O) groups excluding carboxylic acids is 3. The summed E-state index contributed by atoms with van der Waals surface area (Å²) < 4.78 is 0.764. The Bertz CT molecular complexity index is 650. The Labute approximate surface area is 139 Å². The average Bonchev–Trinajstić information content (AvgIpc) is 2.79. The van der Waals surface area contributed by atoms with E-state index in [1.807, 2.05) is 12.1 Å². The number of hydrogen-bond donors (Lipinski definition) is 3. The van der Waals surface area contributed by atoms with Crippen molar-refractivity contribution in [2.75, 3.05) is 5.32 Å². The van der Waals surface area contributed by atoms with Gasteiger partial charge >= 0.3 is 0 Å². The van der Waals surface area contributed by atoms with E-state index in [0.29, 0.717) is 5.69 Å². The predicted octanol–water partition coefficient (Wildman–Crippen LogP) is 1.42. The molecule has 9 heteroatoms. The van der Waals surface area contributed by atoms with Gasteiger partial charge in [0.15, 0.2) is 5.17 Å². The topological polar surface area (TPSA) is 99.7 Å². The number of hydrazone groups is 1. The summed E-state index contributed by atoms with van der Waals surface area (Å²) in [6, 6.07) is 7.21. The molecule has 0 saturated carbocycles. The van der Waals surface area contributed by atoms with Crippen LogP contribution in [0.5, 0.6) is 0 Å². The molecule has 2 rings (SSSR count). The Morgan fingerprint density at radius 1 is 1.41 bits per heavy atom. The lowest BCUT2D eigenvalue weighted by atomic mass is 10.2. The summed E-state index contributed by atoms with van der Waals surface area (Å²) in [4.78, 5) is 34.5. The zero-order valence-electron chi connectivity index (χ0n) is 11.6. The summed E-state index contributed by atoms with van der Waals surface area (Å²) in [5, 5.41) is 8.68. The number of amidine groups is 1. The first-order valence-corrected chi connectivity index (χ1v) is 7.99. The normalized spacial score (nSPS) is 18.9. The second-order valence-corrected chi connectivity index (χ2v) is 6.46. The third-order valence-corrected chi connectivity index (χ3v) is 4.38. The van der Waals surface area contributed by atoms with Crippen LogP contribution < -0.4 is 16.1 Å². The van der Waals surface area contributed by atoms with E-state index in [2.05, 4.69) is 37.1 Å². The maximum absolute atomic E-state index is 12.0.